The maximum absolute atomic E-state index is 5.71. The fourth-order valence-corrected chi connectivity index (χ4v) is 1.82. The fourth-order valence-electron chi connectivity index (χ4n) is 0.948. The van der Waals surface area contributed by atoms with Crippen molar-refractivity contribution in [3.63, 3.8) is 0 Å². The van der Waals surface area contributed by atoms with Crippen LogP contribution in [0.1, 0.15) is 13.3 Å². The van der Waals surface area contributed by atoms with Gasteiger partial charge in [0, 0.05) is 9.97 Å². The third kappa shape index (κ3) is 1.23. The van der Waals surface area contributed by atoms with Gasteiger partial charge in [0.1, 0.15) is 0 Å². The molecule has 2 atom stereocenters. The number of hydrogen-bond donors (Lipinski definition) is 1. The summed E-state index contributed by atoms with van der Waals surface area (Å²) in [5, 5.41) is 0. The average molecular weight is 223 g/mol. The molecule has 0 saturated heterocycles. The molecule has 0 aliphatic heterocycles. The zero-order valence-electron chi connectivity index (χ0n) is 4.89. The van der Waals surface area contributed by atoms with Crippen LogP contribution >= 0.6 is 22.6 Å². The van der Waals surface area contributed by atoms with E-state index in [2.05, 4.69) is 35.6 Å². The number of hydrogen-bond acceptors (Lipinski definition) is 1. The summed E-state index contributed by atoms with van der Waals surface area (Å²) in [5.41, 5.74) is 7.15. The van der Waals surface area contributed by atoms with Crippen LogP contribution in [0.4, 0.5) is 0 Å². The Bertz CT molecular complexity index is 120. The predicted octanol–water partition coefficient (Wildman–Crippen LogP) is 1.47. The van der Waals surface area contributed by atoms with Crippen molar-refractivity contribution < 1.29 is 0 Å². The topological polar surface area (TPSA) is 26.0 Å². The second kappa shape index (κ2) is 2.35. The average Bonchev–Trinajstić information content (AvgIpc) is 1.85. The first-order valence-corrected chi connectivity index (χ1v) is 4.01. The largest absolute Gasteiger partial charge is 0.326 e. The van der Waals surface area contributed by atoms with Crippen molar-refractivity contribution in [1.29, 1.82) is 0 Å². The minimum absolute atomic E-state index is 0.385. The van der Waals surface area contributed by atoms with Crippen LogP contribution in [0, 0.1) is 0 Å². The van der Waals surface area contributed by atoms with Gasteiger partial charge in [-0.3, -0.25) is 0 Å². The molecule has 0 amide bonds. The van der Waals surface area contributed by atoms with E-state index in [1.165, 1.54) is 5.57 Å². The van der Waals surface area contributed by atoms with Crippen molar-refractivity contribution in [1.82, 2.24) is 0 Å². The Morgan fingerprint density at radius 1 is 1.88 bits per heavy atom. The van der Waals surface area contributed by atoms with Crippen molar-refractivity contribution in [2.24, 2.45) is 5.73 Å². The Kier molecular flexibility index (Phi) is 1.92. The highest BCUT2D eigenvalue weighted by atomic mass is 127. The van der Waals surface area contributed by atoms with Crippen LogP contribution in [-0.4, -0.2) is 9.97 Å². The monoisotopic (exact) mass is 223 g/mol. The first kappa shape index (κ1) is 6.55. The van der Waals surface area contributed by atoms with Gasteiger partial charge in [-0.25, -0.2) is 0 Å². The fraction of sp³-hybridized carbons (Fsp3) is 0.667. The number of nitrogens with two attached hydrogens (primary N) is 1. The van der Waals surface area contributed by atoms with E-state index >= 15 is 0 Å². The molecule has 0 heterocycles. The molecule has 0 fully saturated rings. The molecule has 0 aromatic carbocycles. The summed E-state index contributed by atoms with van der Waals surface area (Å²) in [6.45, 7) is 2.14. The Hall–Kier alpha value is 0.430. The molecule has 2 N–H and O–H groups in total. The Balaban J connectivity index is 2.56. The summed E-state index contributed by atoms with van der Waals surface area (Å²) >= 11 is 2.37. The number of alkyl halides is 1. The summed E-state index contributed by atoms with van der Waals surface area (Å²) in [6.07, 6.45) is 3.33. The SMILES string of the molecule is CC1=C[C@H](I)[C@@H](N)C1. The highest BCUT2D eigenvalue weighted by molar-refractivity contribution is 14.1. The molecule has 1 aliphatic rings. The molecule has 1 rings (SSSR count). The van der Waals surface area contributed by atoms with Gasteiger partial charge in [-0.15, -0.1) is 0 Å². The first-order chi connectivity index (χ1) is 3.70. The standard InChI is InChI=1S/C6H10IN/c1-4-2-5(7)6(8)3-4/h2,5-6H,3,8H2,1H3/t5-,6-/m0/s1. The summed E-state index contributed by atoms with van der Waals surface area (Å²) in [5.74, 6) is 0. The van der Waals surface area contributed by atoms with Gasteiger partial charge in [0.15, 0.2) is 0 Å². The van der Waals surface area contributed by atoms with Crippen LogP contribution in [0.15, 0.2) is 11.6 Å². The van der Waals surface area contributed by atoms with Crippen molar-refractivity contribution in [2.75, 3.05) is 0 Å². The summed E-state index contributed by atoms with van der Waals surface area (Å²) in [6, 6.07) is 0.385. The second-order valence-electron chi connectivity index (χ2n) is 2.33. The quantitative estimate of drug-likeness (QED) is 0.375. The molecule has 8 heavy (non-hydrogen) atoms. The maximum atomic E-state index is 5.71. The number of rotatable bonds is 0. The van der Waals surface area contributed by atoms with Crippen LogP contribution in [-0.2, 0) is 0 Å². The van der Waals surface area contributed by atoms with Crippen LogP contribution < -0.4 is 5.73 Å². The maximum Gasteiger partial charge on any atom is 0.0446 e. The van der Waals surface area contributed by atoms with Crippen LogP contribution in [0.3, 0.4) is 0 Å². The molecule has 1 nitrogen and oxygen atoms in total. The molecule has 2 heteroatoms. The lowest BCUT2D eigenvalue weighted by Gasteiger charge is -2.04. The first-order valence-electron chi connectivity index (χ1n) is 2.77. The van der Waals surface area contributed by atoms with E-state index < -0.39 is 0 Å². The summed E-state index contributed by atoms with van der Waals surface area (Å²) in [7, 11) is 0. The lowest BCUT2D eigenvalue weighted by molar-refractivity contribution is 0.745. The predicted molar refractivity (Wildman–Crippen MR) is 44.2 cm³/mol. The van der Waals surface area contributed by atoms with Gasteiger partial charge in [0.2, 0.25) is 0 Å². The molecule has 0 bridgehead atoms. The molecule has 1 aliphatic carbocycles. The van der Waals surface area contributed by atoms with E-state index in [0.29, 0.717) is 9.97 Å². The highest BCUT2D eigenvalue weighted by Gasteiger charge is 2.18. The lowest BCUT2D eigenvalue weighted by atomic mass is 10.2. The Morgan fingerprint density at radius 2 is 2.50 bits per heavy atom. The summed E-state index contributed by atoms with van der Waals surface area (Å²) in [4.78, 5) is 0. The minimum Gasteiger partial charge on any atom is -0.326 e. The van der Waals surface area contributed by atoms with E-state index in [1.807, 2.05) is 0 Å². The van der Waals surface area contributed by atoms with Gasteiger partial charge in [0.05, 0.1) is 0 Å². The minimum atomic E-state index is 0.385. The molecule has 0 aromatic rings. The third-order valence-electron chi connectivity index (χ3n) is 1.41. The molecule has 0 spiro atoms. The molecule has 0 aromatic heterocycles. The lowest BCUT2D eigenvalue weighted by Crippen LogP contribution is -2.24. The zero-order valence-corrected chi connectivity index (χ0v) is 7.05. The number of halogens is 1. The molecular formula is C6H10IN. The van der Waals surface area contributed by atoms with E-state index in [0.717, 1.165) is 6.42 Å². The Labute approximate surface area is 63.5 Å². The second-order valence-corrected chi connectivity index (χ2v) is 3.76. The van der Waals surface area contributed by atoms with Gasteiger partial charge in [-0.05, 0) is 13.3 Å². The van der Waals surface area contributed by atoms with Crippen molar-refractivity contribution in [3.8, 4) is 0 Å². The van der Waals surface area contributed by atoms with E-state index in [4.69, 9.17) is 5.73 Å². The molecule has 46 valence electrons. The Morgan fingerprint density at radius 3 is 2.62 bits per heavy atom. The van der Waals surface area contributed by atoms with Gasteiger partial charge in [0.25, 0.3) is 0 Å². The van der Waals surface area contributed by atoms with Gasteiger partial charge >= 0.3 is 0 Å². The van der Waals surface area contributed by atoms with Crippen molar-refractivity contribution in [2.45, 2.75) is 23.3 Å². The zero-order chi connectivity index (χ0) is 6.15. The van der Waals surface area contributed by atoms with Crippen LogP contribution in [0.25, 0.3) is 0 Å². The van der Waals surface area contributed by atoms with Gasteiger partial charge in [-0.1, -0.05) is 34.2 Å². The van der Waals surface area contributed by atoms with E-state index in [9.17, 15) is 0 Å². The molecule has 0 radical (unpaired) electrons. The van der Waals surface area contributed by atoms with Crippen LogP contribution in [0.2, 0.25) is 0 Å². The van der Waals surface area contributed by atoms with Gasteiger partial charge in [-0.2, -0.15) is 0 Å². The van der Waals surface area contributed by atoms with E-state index in [-0.39, 0.29) is 0 Å². The van der Waals surface area contributed by atoms with Gasteiger partial charge < -0.3 is 5.73 Å². The summed E-state index contributed by atoms with van der Waals surface area (Å²) < 4.78 is 0.576. The van der Waals surface area contributed by atoms with E-state index in [1.54, 1.807) is 0 Å². The molecule has 0 saturated carbocycles. The van der Waals surface area contributed by atoms with Crippen molar-refractivity contribution in [3.05, 3.63) is 11.6 Å². The van der Waals surface area contributed by atoms with Crippen LogP contribution in [0.5, 0.6) is 0 Å². The normalized spacial score (nSPS) is 37.6. The third-order valence-corrected chi connectivity index (χ3v) is 2.69. The smallest absolute Gasteiger partial charge is 0.0446 e. The molecule has 0 unspecified atom stereocenters. The highest BCUT2D eigenvalue weighted by Crippen LogP contribution is 2.22. The van der Waals surface area contributed by atoms with Crippen molar-refractivity contribution >= 4 is 22.6 Å². The molecular weight excluding hydrogens is 213 g/mol.